The molecule has 1 aromatic heterocycles. The van der Waals surface area contributed by atoms with Crippen molar-refractivity contribution in [2.24, 2.45) is 5.73 Å². The normalized spacial score (nSPS) is 17.5. The zero-order valence-electron chi connectivity index (χ0n) is 16.9. The Morgan fingerprint density at radius 2 is 2.10 bits per heavy atom. The molecule has 3 rings (SSSR count). The standard InChI is InChI=1S/C21H30N6O2/c1-15-6-2-3-8-18(15)24-21(29)26-20-23-14-17(19(28)25-20)16-7-4-11-27(13-9-16)12-5-10-22/h2-3,6,8,14,16H,4-5,7,9-13,22H2,1H3,(H3,23,24,25,26,28,29). The number of hydrogen-bond acceptors (Lipinski definition) is 5. The fraction of sp³-hybridized carbons (Fsp3) is 0.476. The van der Waals surface area contributed by atoms with E-state index < -0.39 is 6.03 Å². The number of H-pyrrole nitrogens is 1. The van der Waals surface area contributed by atoms with Gasteiger partial charge < -0.3 is 20.9 Å². The maximum Gasteiger partial charge on any atom is 0.326 e. The first kappa shape index (κ1) is 21.0. The molecule has 1 atom stereocenters. The second-order valence-corrected chi connectivity index (χ2v) is 7.52. The lowest BCUT2D eigenvalue weighted by Crippen LogP contribution is -2.28. The fourth-order valence-corrected chi connectivity index (χ4v) is 3.74. The van der Waals surface area contributed by atoms with E-state index in [0.717, 1.165) is 50.9 Å². The van der Waals surface area contributed by atoms with Gasteiger partial charge in [0.1, 0.15) is 0 Å². The SMILES string of the molecule is Cc1ccccc1NC(=O)Nc1nc(=O)c(C2CCCN(CCCN)CC2)c[nH]1. The highest BCUT2D eigenvalue weighted by molar-refractivity contribution is 5.99. The summed E-state index contributed by atoms with van der Waals surface area (Å²) in [5, 5.41) is 5.35. The Morgan fingerprint density at radius 3 is 2.86 bits per heavy atom. The Hall–Kier alpha value is -2.71. The molecule has 0 aliphatic carbocycles. The lowest BCUT2D eigenvalue weighted by Gasteiger charge is -2.19. The third-order valence-electron chi connectivity index (χ3n) is 5.39. The number of carbonyl (C=O) groups is 1. The third kappa shape index (κ3) is 5.88. The van der Waals surface area contributed by atoms with Crippen LogP contribution in [0.1, 0.15) is 42.7 Å². The van der Waals surface area contributed by atoms with Crippen LogP contribution in [-0.2, 0) is 0 Å². The van der Waals surface area contributed by atoms with Gasteiger partial charge >= 0.3 is 6.03 Å². The predicted octanol–water partition coefficient (Wildman–Crippen LogP) is 2.64. The van der Waals surface area contributed by atoms with Crippen molar-refractivity contribution < 1.29 is 4.79 Å². The minimum atomic E-state index is -0.444. The molecule has 2 aromatic rings. The van der Waals surface area contributed by atoms with E-state index in [1.165, 1.54) is 0 Å². The van der Waals surface area contributed by atoms with E-state index in [1.54, 1.807) is 6.20 Å². The number of aromatic nitrogens is 2. The average molecular weight is 399 g/mol. The second-order valence-electron chi connectivity index (χ2n) is 7.52. The molecule has 1 unspecified atom stereocenters. The van der Waals surface area contributed by atoms with Gasteiger partial charge in [-0.25, -0.2) is 4.79 Å². The van der Waals surface area contributed by atoms with Gasteiger partial charge in [-0.1, -0.05) is 18.2 Å². The number of carbonyl (C=O) groups excluding carboxylic acids is 1. The van der Waals surface area contributed by atoms with Crippen LogP contribution in [0.25, 0.3) is 0 Å². The van der Waals surface area contributed by atoms with E-state index in [0.29, 0.717) is 17.8 Å². The highest BCUT2D eigenvalue weighted by Crippen LogP contribution is 2.25. The van der Waals surface area contributed by atoms with Crippen LogP contribution in [0, 0.1) is 6.92 Å². The fourth-order valence-electron chi connectivity index (χ4n) is 3.74. The Balaban J connectivity index is 1.60. The largest absolute Gasteiger partial charge is 0.332 e. The molecule has 1 aliphatic rings. The highest BCUT2D eigenvalue weighted by atomic mass is 16.2. The zero-order valence-corrected chi connectivity index (χ0v) is 16.9. The third-order valence-corrected chi connectivity index (χ3v) is 5.39. The summed E-state index contributed by atoms with van der Waals surface area (Å²) in [6.07, 6.45) is 5.63. The van der Waals surface area contributed by atoms with Crippen molar-refractivity contribution in [3.8, 4) is 0 Å². The summed E-state index contributed by atoms with van der Waals surface area (Å²) in [5.74, 6) is 0.326. The molecule has 8 nitrogen and oxygen atoms in total. The number of anilines is 2. The maximum absolute atomic E-state index is 12.6. The molecule has 0 saturated carbocycles. The van der Waals surface area contributed by atoms with Gasteiger partial charge in [-0.3, -0.25) is 10.1 Å². The minimum Gasteiger partial charge on any atom is -0.332 e. The van der Waals surface area contributed by atoms with Crippen LogP contribution in [0.15, 0.2) is 35.3 Å². The van der Waals surface area contributed by atoms with Gasteiger partial charge in [0.25, 0.3) is 5.56 Å². The van der Waals surface area contributed by atoms with Crippen LogP contribution in [0.4, 0.5) is 16.4 Å². The highest BCUT2D eigenvalue weighted by Gasteiger charge is 2.21. The number of aryl methyl sites for hydroxylation is 1. The van der Waals surface area contributed by atoms with Crippen molar-refractivity contribution in [2.45, 2.75) is 38.5 Å². The smallest absolute Gasteiger partial charge is 0.326 e. The summed E-state index contributed by atoms with van der Waals surface area (Å²) in [6.45, 7) is 5.63. The molecule has 8 heteroatoms. The van der Waals surface area contributed by atoms with Gasteiger partial charge in [-0.05, 0) is 76.3 Å². The van der Waals surface area contributed by atoms with Crippen LogP contribution in [0.3, 0.4) is 0 Å². The summed E-state index contributed by atoms with van der Waals surface area (Å²) >= 11 is 0. The molecule has 29 heavy (non-hydrogen) atoms. The van der Waals surface area contributed by atoms with Crippen LogP contribution in [0.2, 0.25) is 0 Å². The minimum absolute atomic E-state index is 0.142. The van der Waals surface area contributed by atoms with Crippen molar-refractivity contribution in [3.05, 3.63) is 51.9 Å². The Bertz CT molecular complexity index is 881. The van der Waals surface area contributed by atoms with Crippen molar-refractivity contribution in [1.82, 2.24) is 14.9 Å². The number of para-hydroxylation sites is 1. The number of amides is 2. The number of nitrogens with zero attached hydrogens (tertiary/aromatic N) is 2. The van der Waals surface area contributed by atoms with Crippen LogP contribution < -0.4 is 21.9 Å². The van der Waals surface area contributed by atoms with E-state index in [-0.39, 0.29) is 17.4 Å². The Labute approximate surface area is 170 Å². The predicted molar refractivity (Wildman–Crippen MR) is 115 cm³/mol. The first-order valence-corrected chi connectivity index (χ1v) is 10.2. The maximum atomic E-state index is 12.6. The number of nitrogens with one attached hydrogen (secondary N) is 3. The van der Waals surface area contributed by atoms with Gasteiger partial charge in [-0.15, -0.1) is 0 Å². The molecule has 2 amide bonds. The second kappa shape index (κ2) is 10.2. The molecule has 0 bridgehead atoms. The summed E-state index contributed by atoms with van der Waals surface area (Å²) < 4.78 is 0. The number of benzene rings is 1. The number of likely N-dealkylation sites (tertiary alicyclic amines) is 1. The van der Waals surface area contributed by atoms with E-state index in [1.807, 2.05) is 31.2 Å². The van der Waals surface area contributed by atoms with Crippen LogP contribution >= 0.6 is 0 Å². The molecule has 0 radical (unpaired) electrons. The first-order valence-electron chi connectivity index (χ1n) is 10.2. The van der Waals surface area contributed by atoms with Gasteiger partial charge in [0, 0.05) is 17.4 Å². The molecule has 1 fully saturated rings. The number of aromatic amines is 1. The van der Waals surface area contributed by atoms with Crippen LogP contribution in [-0.4, -0.2) is 47.1 Å². The van der Waals surface area contributed by atoms with Gasteiger partial charge in [0.05, 0.1) is 0 Å². The summed E-state index contributed by atoms with van der Waals surface area (Å²) in [4.78, 5) is 34.2. The summed E-state index contributed by atoms with van der Waals surface area (Å²) in [5.41, 5.74) is 7.68. The van der Waals surface area contributed by atoms with Crippen molar-refractivity contribution in [2.75, 3.05) is 36.8 Å². The summed E-state index contributed by atoms with van der Waals surface area (Å²) in [7, 11) is 0. The van der Waals surface area contributed by atoms with Gasteiger partial charge in [0.15, 0.2) is 0 Å². The van der Waals surface area contributed by atoms with E-state index in [9.17, 15) is 9.59 Å². The molecular weight excluding hydrogens is 368 g/mol. The van der Waals surface area contributed by atoms with E-state index >= 15 is 0 Å². The molecule has 1 aliphatic heterocycles. The van der Waals surface area contributed by atoms with Crippen molar-refractivity contribution in [1.29, 1.82) is 0 Å². The molecule has 0 spiro atoms. The number of rotatable bonds is 6. The topological polar surface area (TPSA) is 116 Å². The molecule has 2 heterocycles. The Kier molecular flexibility index (Phi) is 7.37. The zero-order chi connectivity index (χ0) is 20.6. The molecule has 1 aromatic carbocycles. The number of hydrogen-bond donors (Lipinski definition) is 4. The van der Waals surface area contributed by atoms with E-state index in [2.05, 4.69) is 25.5 Å². The molecular formula is C21H30N6O2. The van der Waals surface area contributed by atoms with Crippen LogP contribution in [0.5, 0.6) is 0 Å². The number of urea groups is 1. The van der Waals surface area contributed by atoms with E-state index in [4.69, 9.17) is 5.73 Å². The lowest BCUT2D eigenvalue weighted by molar-refractivity contribution is 0.262. The molecule has 1 saturated heterocycles. The lowest BCUT2D eigenvalue weighted by atomic mass is 9.94. The monoisotopic (exact) mass is 398 g/mol. The summed E-state index contributed by atoms with van der Waals surface area (Å²) in [6, 6.07) is 7.04. The van der Waals surface area contributed by atoms with Gasteiger partial charge in [0.2, 0.25) is 5.95 Å². The average Bonchev–Trinajstić information content (AvgIpc) is 2.94. The quantitative estimate of drug-likeness (QED) is 0.597. The van der Waals surface area contributed by atoms with Gasteiger partial charge in [-0.2, -0.15) is 4.98 Å². The van der Waals surface area contributed by atoms with Crippen molar-refractivity contribution in [3.63, 3.8) is 0 Å². The Morgan fingerprint density at radius 1 is 1.28 bits per heavy atom. The first-order chi connectivity index (χ1) is 14.1. The number of nitrogens with two attached hydrogens (primary N) is 1. The molecule has 5 N–H and O–H groups in total. The molecule has 156 valence electrons. The van der Waals surface area contributed by atoms with Crippen molar-refractivity contribution >= 4 is 17.7 Å².